The van der Waals surface area contributed by atoms with Crippen LogP contribution >= 0.6 is 0 Å². The molecular formula is C28H28N4O2. The first-order chi connectivity index (χ1) is 16.7. The maximum atomic E-state index is 13.7. The number of aromatic nitrogens is 2. The molecule has 0 bridgehead atoms. The summed E-state index contributed by atoms with van der Waals surface area (Å²) in [6, 6.07) is 24.8. The number of fused-ring (bicyclic) bond motifs is 2. The van der Waals surface area contributed by atoms with Gasteiger partial charge in [-0.2, -0.15) is 0 Å². The van der Waals surface area contributed by atoms with Gasteiger partial charge in [0.2, 0.25) is 0 Å². The molecule has 0 fully saturated rings. The van der Waals surface area contributed by atoms with Gasteiger partial charge in [0.05, 0.1) is 16.9 Å². The predicted molar refractivity (Wildman–Crippen MR) is 135 cm³/mol. The highest BCUT2D eigenvalue weighted by Gasteiger charge is 2.34. The van der Waals surface area contributed by atoms with Crippen molar-refractivity contribution < 1.29 is 4.79 Å². The molecule has 2 heterocycles. The van der Waals surface area contributed by atoms with E-state index in [1.807, 2.05) is 77.7 Å². The van der Waals surface area contributed by atoms with Gasteiger partial charge in [-0.05, 0) is 42.2 Å². The maximum absolute atomic E-state index is 13.7. The van der Waals surface area contributed by atoms with Crippen LogP contribution in [0.1, 0.15) is 42.8 Å². The third-order valence-corrected chi connectivity index (χ3v) is 6.43. The molecule has 1 aliphatic rings. The number of amides is 2. The Balaban J connectivity index is 1.53. The molecule has 5 rings (SSSR count). The Labute approximate surface area is 198 Å². The van der Waals surface area contributed by atoms with E-state index in [2.05, 4.69) is 18.3 Å². The Morgan fingerprint density at radius 1 is 1.03 bits per heavy atom. The van der Waals surface area contributed by atoms with Gasteiger partial charge < -0.3 is 10.2 Å². The van der Waals surface area contributed by atoms with Crippen LogP contribution in [-0.2, 0) is 19.5 Å². The topological polar surface area (TPSA) is 67.2 Å². The lowest BCUT2D eigenvalue weighted by Crippen LogP contribution is -2.38. The number of carbonyl (C=O) groups is 1. The molecule has 1 aliphatic heterocycles. The highest BCUT2D eigenvalue weighted by Crippen LogP contribution is 2.32. The summed E-state index contributed by atoms with van der Waals surface area (Å²) >= 11 is 0. The molecule has 1 atom stereocenters. The van der Waals surface area contributed by atoms with Gasteiger partial charge in [0.15, 0.2) is 0 Å². The largest absolute Gasteiger partial charge is 0.322 e. The van der Waals surface area contributed by atoms with Crippen molar-refractivity contribution in [2.24, 2.45) is 0 Å². The van der Waals surface area contributed by atoms with Crippen molar-refractivity contribution in [2.45, 2.75) is 45.3 Å². The Bertz CT molecular complexity index is 1380. The van der Waals surface area contributed by atoms with E-state index in [4.69, 9.17) is 4.98 Å². The number of anilines is 1. The van der Waals surface area contributed by atoms with Gasteiger partial charge in [0.25, 0.3) is 5.56 Å². The Hall–Kier alpha value is -3.93. The molecule has 4 aromatic rings. The van der Waals surface area contributed by atoms with Crippen LogP contribution in [0.2, 0.25) is 0 Å². The Morgan fingerprint density at radius 2 is 1.76 bits per heavy atom. The first kappa shape index (κ1) is 21.9. The fourth-order valence-corrected chi connectivity index (χ4v) is 4.75. The smallest absolute Gasteiger partial charge is 0.310 e. The quantitative estimate of drug-likeness (QED) is 0.418. The summed E-state index contributed by atoms with van der Waals surface area (Å²) in [4.78, 5) is 33.5. The Kier molecular flexibility index (Phi) is 6.12. The highest BCUT2D eigenvalue weighted by molar-refractivity contribution is 5.90. The average Bonchev–Trinajstić information content (AvgIpc) is 3.28. The molecule has 6 heteroatoms. The lowest BCUT2D eigenvalue weighted by Gasteiger charge is -2.29. The summed E-state index contributed by atoms with van der Waals surface area (Å²) in [6.07, 6.45) is 2.54. The normalized spacial score (nSPS) is 14.7. The summed E-state index contributed by atoms with van der Waals surface area (Å²) in [5.74, 6) is 0.650. The van der Waals surface area contributed by atoms with Gasteiger partial charge in [0.1, 0.15) is 5.82 Å². The fraction of sp³-hybridized carbons (Fsp3) is 0.250. The minimum absolute atomic E-state index is 0.0449. The molecule has 6 nitrogen and oxygen atoms in total. The Morgan fingerprint density at radius 3 is 2.59 bits per heavy atom. The minimum atomic E-state index is -0.296. The summed E-state index contributed by atoms with van der Waals surface area (Å²) in [5.41, 5.74) is 3.59. The summed E-state index contributed by atoms with van der Waals surface area (Å²) in [7, 11) is 0. The number of nitrogens with zero attached hydrogens (tertiary/aromatic N) is 3. The summed E-state index contributed by atoms with van der Waals surface area (Å²) in [5, 5.41) is 3.76. The van der Waals surface area contributed by atoms with Gasteiger partial charge in [-0.3, -0.25) is 9.36 Å². The average molecular weight is 453 g/mol. The van der Waals surface area contributed by atoms with E-state index >= 15 is 0 Å². The van der Waals surface area contributed by atoms with Crippen LogP contribution in [0.25, 0.3) is 10.9 Å². The first-order valence-corrected chi connectivity index (χ1v) is 11.8. The zero-order valence-corrected chi connectivity index (χ0v) is 19.3. The SMILES string of the molecule is CCCc1ccccc1NC(=O)N(Cc1ccccc1)C1CCn2c1nc1ccccc1c2=O. The molecule has 0 radical (unpaired) electrons. The van der Waals surface area contributed by atoms with E-state index in [1.54, 1.807) is 4.57 Å². The van der Waals surface area contributed by atoms with E-state index in [1.165, 1.54) is 0 Å². The molecule has 34 heavy (non-hydrogen) atoms. The van der Waals surface area contributed by atoms with E-state index in [0.29, 0.717) is 36.2 Å². The molecule has 0 aliphatic carbocycles. The van der Waals surface area contributed by atoms with Crippen molar-refractivity contribution >= 4 is 22.6 Å². The van der Waals surface area contributed by atoms with Crippen LogP contribution in [0.4, 0.5) is 10.5 Å². The zero-order valence-electron chi connectivity index (χ0n) is 19.3. The third kappa shape index (κ3) is 4.19. The van der Waals surface area contributed by atoms with Crippen molar-refractivity contribution in [3.8, 4) is 0 Å². The number of para-hydroxylation sites is 2. The van der Waals surface area contributed by atoms with Crippen molar-refractivity contribution in [3.05, 3.63) is 106 Å². The van der Waals surface area contributed by atoms with Crippen molar-refractivity contribution in [3.63, 3.8) is 0 Å². The lowest BCUT2D eigenvalue weighted by atomic mass is 10.1. The van der Waals surface area contributed by atoms with Gasteiger partial charge in [-0.25, -0.2) is 9.78 Å². The minimum Gasteiger partial charge on any atom is -0.310 e. The number of rotatable bonds is 6. The second-order valence-electron chi connectivity index (χ2n) is 8.70. The molecule has 0 saturated carbocycles. The van der Waals surface area contributed by atoms with Crippen molar-refractivity contribution in [1.82, 2.24) is 14.5 Å². The number of benzene rings is 3. The van der Waals surface area contributed by atoms with Crippen LogP contribution < -0.4 is 10.9 Å². The second-order valence-corrected chi connectivity index (χ2v) is 8.70. The second kappa shape index (κ2) is 9.51. The van der Waals surface area contributed by atoms with E-state index < -0.39 is 0 Å². The molecule has 172 valence electrons. The molecule has 0 spiro atoms. The van der Waals surface area contributed by atoms with Crippen LogP contribution in [0.15, 0.2) is 83.7 Å². The fourth-order valence-electron chi connectivity index (χ4n) is 4.75. The number of hydrogen-bond acceptors (Lipinski definition) is 3. The number of hydrogen-bond donors (Lipinski definition) is 1. The first-order valence-electron chi connectivity index (χ1n) is 11.8. The molecule has 1 aromatic heterocycles. The summed E-state index contributed by atoms with van der Waals surface area (Å²) in [6.45, 7) is 3.10. The molecule has 2 amide bonds. The number of nitrogens with one attached hydrogen (secondary N) is 1. The molecule has 3 aromatic carbocycles. The monoisotopic (exact) mass is 452 g/mol. The van der Waals surface area contributed by atoms with Crippen LogP contribution in [0.5, 0.6) is 0 Å². The molecule has 0 saturated heterocycles. The van der Waals surface area contributed by atoms with E-state index in [9.17, 15) is 9.59 Å². The third-order valence-electron chi connectivity index (χ3n) is 6.43. The van der Waals surface area contributed by atoms with Gasteiger partial charge in [0, 0.05) is 18.8 Å². The highest BCUT2D eigenvalue weighted by atomic mass is 16.2. The number of urea groups is 1. The molecular weight excluding hydrogens is 424 g/mol. The van der Waals surface area contributed by atoms with Gasteiger partial charge in [-0.15, -0.1) is 0 Å². The molecule has 1 unspecified atom stereocenters. The lowest BCUT2D eigenvalue weighted by molar-refractivity contribution is 0.182. The number of aryl methyl sites for hydroxylation is 1. The van der Waals surface area contributed by atoms with Crippen LogP contribution in [0, 0.1) is 0 Å². The van der Waals surface area contributed by atoms with E-state index in [-0.39, 0.29) is 17.6 Å². The van der Waals surface area contributed by atoms with Crippen LogP contribution in [-0.4, -0.2) is 20.5 Å². The zero-order chi connectivity index (χ0) is 23.5. The van der Waals surface area contributed by atoms with Gasteiger partial charge in [-0.1, -0.05) is 74.0 Å². The maximum Gasteiger partial charge on any atom is 0.322 e. The number of carbonyl (C=O) groups excluding carboxylic acids is 1. The van der Waals surface area contributed by atoms with Gasteiger partial charge >= 0.3 is 6.03 Å². The van der Waals surface area contributed by atoms with Crippen molar-refractivity contribution in [2.75, 3.05) is 5.32 Å². The molecule has 1 N–H and O–H groups in total. The van der Waals surface area contributed by atoms with E-state index in [0.717, 1.165) is 29.7 Å². The summed E-state index contributed by atoms with van der Waals surface area (Å²) < 4.78 is 1.73. The standard InChI is InChI=1S/C28H28N4O2/c1-2-10-21-13-6-8-15-23(21)30-28(34)32(19-20-11-4-3-5-12-20)25-17-18-31-26(25)29-24-16-9-7-14-22(24)27(31)33/h3-9,11-16,25H,2,10,17-19H2,1H3,(H,30,34). The van der Waals surface area contributed by atoms with Crippen molar-refractivity contribution in [1.29, 1.82) is 0 Å². The predicted octanol–water partition coefficient (Wildman–Crippen LogP) is 5.53. The van der Waals surface area contributed by atoms with Crippen LogP contribution in [0.3, 0.4) is 0 Å².